The number of hydrogen-bond acceptors (Lipinski definition) is 4. The molecular formula is C13H17BN2O3. The Bertz CT molecular complexity index is 550. The number of benzene rings is 1. The molecule has 0 bridgehead atoms. The normalized spacial score (nSPS) is 10.8. The standard InChI is InChI=1S/C13H17BN2O3/c1-8(2)10-4-6-11(7-5-10)12-13(19-14(17)18)9(3)15-16-12/h4-8,17-18H,1-3H3,(H,15,16). The summed E-state index contributed by atoms with van der Waals surface area (Å²) < 4.78 is 4.97. The van der Waals surface area contributed by atoms with Crippen molar-refractivity contribution in [1.82, 2.24) is 10.2 Å². The molecule has 0 atom stereocenters. The van der Waals surface area contributed by atoms with E-state index in [1.165, 1.54) is 5.56 Å². The van der Waals surface area contributed by atoms with Crippen molar-refractivity contribution in [2.75, 3.05) is 0 Å². The second-order valence-electron chi connectivity index (χ2n) is 4.73. The number of rotatable bonds is 4. The van der Waals surface area contributed by atoms with Crippen LogP contribution in [0.3, 0.4) is 0 Å². The number of nitrogens with zero attached hydrogens (tertiary/aromatic N) is 1. The molecule has 0 spiro atoms. The fraction of sp³-hybridized carbons (Fsp3) is 0.308. The van der Waals surface area contributed by atoms with Crippen molar-refractivity contribution in [2.24, 2.45) is 0 Å². The van der Waals surface area contributed by atoms with Gasteiger partial charge in [0.25, 0.3) is 0 Å². The first-order chi connectivity index (χ1) is 8.99. The molecule has 6 heteroatoms. The quantitative estimate of drug-likeness (QED) is 0.733. The zero-order valence-electron chi connectivity index (χ0n) is 11.2. The van der Waals surface area contributed by atoms with Gasteiger partial charge >= 0.3 is 7.32 Å². The number of aryl methyl sites for hydroxylation is 1. The third kappa shape index (κ3) is 2.97. The van der Waals surface area contributed by atoms with E-state index in [-0.39, 0.29) is 0 Å². The van der Waals surface area contributed by atoms with Crippen LogP contribution in [0.1, 0.15) is 31.0 Å². The van der Waals surface area contributed by atoms with Crippen molar-refractivity contribution in [3.8, 4) is 17.0 Å². The summed E-state index contributed by atoms with van der Waals surface area (Å²) in [7, 11) is -1.86. The highest BCUT2D eigenvalue weighted by molar-refractivity contribution is 6.34. The lowest BCUT2D eigenvalue weighted by Crippen LogP contribution is -2.21. The van der Waals surface area contributed by atoms with Crippen molar-refractivity contribution in [2.45, 2.75) is 26.7 Å². The van der Waals surface area contributed by atoms with Gasteiger partial charge in [-0.05, 0) is 18.4 Å². The molecule has 3 N–H and O–H groups in total. The first kappa shape index (κ1) is 13.6. The van der Waals surface area contributed by atoms with Gasteiger partial charge in [0, 0.05) is 5.56 Å². The molecule has 0 saturated carbocycles. The van der Waals surface area contributed by atoms with Crippen LogP contribution in [0, 0.1) is 6.92 Å². The molecule has 19 heavy (non-hydrogen) atoms. The Kier molecular flexibility index (Phi) is 3.92. The molecule has 5 nitrogen and oxygen atoms in total. The first-order valence-electron chi connectivity index (χ1n) is 6.17. The Morgan fingerprint density at radius 3 is 2.37 bits per heavy atom. The van der Waals surface area contributed by atoms with E-state index in [9.17, 15) is 0 Å². The third-order valence-corrected chi connectivity index (χ3v) is 2.98. The first-order valence-corrected chi connectivity index (χ1v) is 6.17. The van der Waals surface area contributed by atoms with Crippen LogP contribution in [0.25, 0.3) is 11.3 Å². The van der Waals surface area contributed by atoms with E-state index in [1.807, 2.05) is 24.3 Å². The monoisotopic (exact) mass is 260 g/mol. The maximum Gasteiger partial charge on any atom is 0.707 e. The summed E-state index contributed by atoms with van der Waals surface area (Å²) in [6, 6.07) is 7.99. The van der Waals surface area contributed by atoms with Crippen LogP contribution in [-0.4, -0.2) is 27.6 Å². The van der Waals surface area contributed by atoms with Crippen molar-refractivity contribution < 1.29 is 14.7 Å². The van der Waals surface area contributed by atoms with E-state index in [2.05, 4.69) is 24.0 Å². The zero-order valence-corrected chi connectivity index (χ0v) is 11.2. The average Bonchev–Trinajstić information content (AvgIpc) is 2.71. The van der Waals surface area contributed by atoms with E-state index in [0.717, 1.165) is 5.56 Å². The predicted molar refractivity (Wildman–Crippen MR) is 73.7 cm³/mol. The van der Waals surface area contributed by atoms with Gasteiger partial charge in [0.15, 0.2) is 5.75 Å². The molecule has 2 rings (SSSR count). The van der Waals surface area contributed by atoms with Gasteiger partial charge in [0.2, 0.25) is 0 Å². The van der Waals surface area contributed by atoms with E-state index < -0.39 is 7.32 Å². The molecule has 0 aliphatic carbocycles. The molecule has 0 aliphatic heterocycles. The van der Waals surface area contributed by atoms with Gasteiger partial charge < -0.3 is 14.7 Å². The number of aromatic nitrogens is 2. The van der Waals surface area contributed by atoms with Gasteiger partial charge in [0.05, 0.1) is 0 Å². The predicted octanol–water partition coefficient (Wildman–Crippen LogP) is 1.86. The lowest BCUT2D eigenvalue weighted by molar-refractivity contribution is 0.288. The largest absolute Gasteiger partial charge is 0.707 e. The van der Waals surface area contributed by atoms with Crippen molar-refractivity contribution in [3.05, 3.63) is 35.5 Å². The summed E-state index contributed by atoms with van der Waals surface area (Å²) in [5.74, 6) is 0.819. The topological polar surface area (TPSA) is 78.4 Å². The van der Waals surface area contributed by atoms with E-state index in [1.54, 1.807) is 6.92 Å². The summed E-state index contributed by atoms with van der Waals surface area (Å²) in [6.07, 6.45) is 0. The maximum atomic E-state index is 8.93. The second-order valence-corrected chi connectivity index (χ2v) is 4.73. The lowest BCUT2D eigenvalue weighted by Gasteiger charge is -2.08. The second kappa shape index (κ2) is 5.46. The fourth-order valence-corrected chi connectivity index (χ4v) is 1.90. The average molecular weight is 260 g/mol. The van der Waals surface area contributed by atoms with Crippen LogP contribution in [0.15, 0.2) is 24.3 Å². The molecule has 0 amide bonds. The highest BCUT2D eigenvalue weighted by atomic mass is 16.6. The van der Waals surface area contributed by atoms with Crippen LogP contribution < -0.4 is 4.65 Å². The van der Waals surface area contributed by atoms with E-state index >= 15 is 0 Å². The molecule has 1 heterocycles. The summed E-state index contributed by atoms with van der Waals surface area (Å²) in [5.41, 5.74) is 3.35. The van der Waals surface area contributed by atoms with Crippen molar-refractivity contribution in [1.29, 1.82) is 0 Å². The Hall–Kier alpha value is -1.79. The van der Waals surface area contributed by atoms with E-state index in [4.69, 9.17) is 14.7 Å². The molecule has 0 radical (unpaired) electrons. The number of aromatic amines is 1. The summed E-state index contributed by atoms with van der Waals surface area (Å²) >= 11 is 0. The van der Waals surface area contributed by atoms with Crippen LogP contribution >= 0.6 is 0 Å². The van der Waals surface area contributed by atoms with Gasteiger partial charge in [-0.3, -0.25) is 5.10 Å². The molecular weight excluding hydrogens is 243 g/mol. The van der Waals surface area contributed by atoms with Crippen LogP contribution in [0.2, 0.25) is 0 Å². The third-order valence-electron chi connectivity index (χ3n) is 2.98. The number of hydrogen-bond donors (Lipinski definition) is 3. The minimum absolute atomic E-state index is 0.354. The van der Waals surface area contributed by atoms with Crippen LogP contribution in [0.5, 0.6) is 5.75 Å². The van der Waals surface area contributed by atoms with Gasteiger partial charge in [-0.25, -0.2) is 0 Å². The van der Waals surface area contributed by atoms with Crippen LogP contribution in [-0.2, 0) is 0 Å². The highest BCUT2D eigenvalue weighted by Gasteiger charge is 2.19. The Morgan fingerprint density at radius 1 is 1.21 bits per heavy atom. The summed E-state index contributed by atoms with van der Waals surface area (Å²) in [4.78, 5) is 0. The highest BCUT2D eigenvalue weighted by Crippen LogP contribution is 2.31. The smallest absolute Gasteiger partial charge is 0.509 e. The van der Waals surface area contributed by atoms with Crippen molar-refractivity contribution >= 4 is 7.32 Å². The molecule has 1 aromatic heterocycles. The van der Waals surface area contributed by atoms with E-state index in [0.29, 0.717) is 23.1 Å². The minimum Gasteiger partial charge on any atom is -0.509 e. The fourth-order valence-electron chi connectivity index (χ4n) is 1.90. The van der Waals surface area contributed by atoms with Crippen molar-refractivity contribution in [3.63, 3.8) is 0 Å². The summed E-state index contributed by atoms with van der Waals surface area (Å²) in [5, 5.41) is 24.7. The van der Waals surface area contributed by atoms with Gasteiger partial charge in [0.1, 0.15) is 11.4 Å². The number of H-pyrrole nitrogens is 1. The lowest BCUT2D eigenvalue weighted by atomic mass is 10.0. The molecule has 100 valence electrons. The zero-order chi connectivity index (χ0) is 14.0. The van der Waals surface area contributed by atoms with Gasteiger partial charge in [-0.2, -0.15) is 5.10 Å². The molecule has 2 aromatic rings. The molecule has 0 unspecified atom stereocenters. The Morgan fingerprint density at radius 2 is 1.84 bits per heavy atom. The molecule has 0 fully saturated rings. The molecule has 0 aliphatic rings. The maximum absolute atomic E-state index is 8.93. The molecule has 0 saturated heterocycles. The summed E-state index contributed by atoms with van der Waals surface area (Å²) in [6.45, 7) is 6.00. The minimum atomic E-state index is -1.86. The Labute approximate surface area is 112 Å². The van der Waals surface area contributed by atoms with Crippen LogP contribution in [0.4, 0.5) is 0 Å². The molecule has 1 aromatic carbocycles. The SMILES string of the molecule is Cc1n[nH]c(-c2ccc(C(C)C)cc2)c1OB(O)O. The van der Waals surface area contributed by atoms with Gasteiger partial charge in [-0.15, -0.1) is 0 Å². The Balaban J connectivity index is 2.36. The number of nitrogens with one attached hydrogen (secondary N) is 1. The van der Waals surface area contributed by atoms with Gasteiger partial charge in [-0.1, -0.05) is 38.1 Å².